The summed E-state index contributed by atoms with van der Waals surface area (Å²) in [5.74, 6) is 3.29. The number of fused-ring (bicyclic) bond motifs is 1. The number of amides is 4. The first-order chi connectivity index (χ1) is 19.3. The molecule has 0 radical (unpaired) electrons. The molecule has 0 aromatic heterocycles. The first-order valence-electron chi connectivity index (χ1n) is 13.4. The minimum Gasteiger partial charge on any atom is -0.493 e. The highest BCUT2D eigenvalue weighted by atomic mass is 16.5. The summed E-state index contributed by atoms with van der Waals surface area (Å²) in [6.45, 7) is 4.72. The smallest absolute Gasteiger partial charge is 0.334 e. The van der Waals surface area contributed by atoms with Gasteiger partial charge >= 0.3 is 6.03 Å². The van der Waals surface area contributed by atoms with Gasteiger partial charge in [-0.05, 0) is 35.6 Å². The Balaban J connectivity index is 1.60. The number of hydrazine groups is 1. The van der Waals surface area contributed by atoms with Crippen LogP contribution in [0.5, 0.6) is 11.5 Å². The van der Waals surface area contributed by atoms with Crippen LogP contribution in [-0.4, -0.2) is 90.3 Å². The van der Waals surface area contributed by atoms with Crippen molar-refractivity contribution in [3.05, 3.63) is 59.7 Å². The molecule has 2 atom stereocenters. The number of ether oxygens (including phenoxy) is 2. The third-order valence-electron chi connectivity index (χ3n) is 7.28. The monoisotopic (exact) mass is 547 g/mol. The summed E-state index contributed by atoms with van der Waals surface area (Å²) < 4.78 is 10.8. The van der Waals surface area contributed by atoms with Gasteiger partial charge in [-0.15, -0.1) is 6.42 Å². The highest BCUT2D eigenvalue weighted by molar-refractivity contribution is 5.91. The van der Waals surface area contributed by atoms with Crippen molar-refractivity contribution in [1.29, 1.82) is 0 Å². The fourth-order valence-electron chi connectivity index (χ4n) is 5.35. The van der Waals surface area contributed by atoms with Crippen molar-refractivity contribution in [3.63, 3.8) is 0 Å². The van der Waals surface area contributed by atoms with Crippen LogP contribution in [-0.2, 0) is 22.6 Å². The van der Waals surface area contributed by atoms with E-state index in [-0.39, 0.29) is 43.4 Å². The highest BCUT2D eigenvalue weighted by Crippen LogP contribution is 2.31. The number of hydrogen-bond donors (Lipinski definition) is 1. The Hall–Kier alpha value is -4.23. The van der Waals surface area contributed by atoms with E-state index in [0.717, 1.165) is 11.1 Å². The summed E-state index contributed by atoms with van der Waals surface area (Å²) in [5, 5.41) is 6.08. The quantitative estimate of drug-likeness (QED) is 0.485. The van der Waals surface area contributed by atoms with E-state index in [0.29, 0.717) is 31.0 Å². The second kappa shape index (κ2) is 12.7. The Morgan fingerprint density at radius 1 is 1.07 bits per heavy atom. The summed E-state index contributed by atoms with van der Waals surface area (Å²) in [6, 6.07) is 14.2. The number of carbonyl (C=O) groups is 3. The molecule has 2 heterocycles. The average molecular weight is 548 g/mol. The number of carbonyl (C=O) groups excluding carboxylic acids is 3. The van der Waals surface area contributed by atoms with E-state index in [1.807, 2.05) is 62.4 Å². The van der Waals surface area contributed by atoms with E-state index in [9.17, 15) is 14.4 Å². The number of nitrogens with one attached hydrogen (secondary N) is 1. The predicted octanol–water partition coefficient (Wildman–Crippen LogP) is 2.34. The maximum Gasteiger partial charge on any atom is 0.334 e. The molecule has 2 fully saturated rings. The van der Waals surface area contributed by atoms with Crippen LogP contribution in [0.15, 0.2) is 48.5 Å². The van der Waals surface area contributed by atoms with E-state index < -0.39 is 12.2 Å². The Labute approximate surface area is 235 Å². The van der Waals surface area contributed by atoms with E-state index in [4.69, 9.17) is 15.9 Å². The number of rotatable bonds is 9. The minimum atomic E-state index is -0.700. The number of terminal acetylenes is 1. The molecule has 10 nitrogen and oxygen atoms in total. The summed E-state index contributed by atoms with van der Waals surface area (Å²) in [6.07, 6.45) is 5.49. The van der Waals surface area contributed by atoms with E-state index in [1.165, 1.54) is 5.01 Å². The summed E-state index contributed by atoms with van der Waals surface area (Å²) in [4.78, 5) is 44.1. The standard InChI is InChI=1S/C30H37N5O5/c1-6-15-33-20-27(36)34-26(35(33)30(38)31-18-23-10-8-7-9-11-23)19-32(29(37)28(34)21(2)3)16-14-22-12-13-24(39-4)25(17-22)40-5/h1,7-13,17,21,26,28H,14-16,18-20H2,2-5H3,(H,31,38)/t26-,28-/m0/s1. The topological polar surface area (TPSA) is 94.7 Å². The Bertz CT molecular complexity index is 1260. The molecule has 2 aromatic carbocycles. The zero-order valence-corrected chi connectivity index (χ0v) is 23.5. The van der Waals surface area contributed by atoms with Crippen molar-refractivity contribution >= 4 is 17.8 Å². The Morgan fingerprint density at radius 2 is 1.80 bits per heavy atom. The molecule has 40 heavy (non-hydrogen) atoms. The molecule has 212 valence electrons. The largest absolute Gasteiger partial charge is 0.493 e. The van der Waals surface area contributed by atoms with Crippen LogP contribution in [0.4, 0.5) is 4.79 Å². The van der Waals surface area contributed by atoms with Gasteiger partial charge in [-0.2, -0.15) is 5.01 Å². The van der Waals surface area contributed by atoms with Crippen LogP contribution in [0, 0.1) is 18.3 Å². The van der Waals surface area contributed by atoms with Crippen LogP contribution < -0.4 is 14.8 Å². The van der Waals surface area contributed by atoms with Crippen LogP contribution >= 0.6 is 0 Å². The number of benzene rings is 2. The molecule has 0 saturated carbocycles. The zero-order valence-electron chi connectivity index (χ0n) is 23.5. The molecule has 0 aliphatic carbocycles. The van der Waals surface area contributed by atoms with Gasteiger partial charge in [0, 0.05) is 13.1 Å². The van der Waals surface area contributed by atoms with Crippen LogP contribution in [0.3, 0.4) is 0 Å². The van der Waals surface area contributed by atoms with Gasteiger partial charge in [0.2, 0.25) is 11.8 Å². The van der Waals surface area contributed by atoms with E-state index in [1.54, 1.807) is 29.0 Å². The predicted molar refractivity (Wildman–Crippen MR) is 150 cm³/mol. The van der Waals surface area contributed by atoms with Crippen molar-refractivity contribution in [1.82, 2.24) is 25.1 Å². The van der Waals surface area contributed by atoms with Gasteiger partial charge in [-0.3, -0.25) is 9.59 Å². The van der Waals surface area contributed by atoms with Crippen molar-refractivity contribution < 1.29 is 23.9 Å². The Morgan fingerprint density at radius 3 is 2.45 bits per heavy atom. The molecule has 2 saturated heterocycles. The van der Waals surface area contributed by atoms with Gasteiger partial charge in [0.25, 0.3) is 0 Å². The molecule has 2 aromatic rings. The average Bonchev–Trinajstić information content (AvgIpc) is 2.95. The number of nitrogens with zero attached hydrogens (tertiary/aromatic N) is 4. The highest BCUT2D eigenvalue weighted by Gasteiger charge is 2.52. The lowest BCUT2D eigenvalue weighted by molar-refractivity contribution is -0.191. The molecule has 0 spiro atoms. The summed E-state index contributed by atoms with van der Waals surface area (Å²) >= 11 is 0. The molecule has 0 unspecified atom stereocenters. The third-order valence-corrected chi connectivity index (χ3v) is 7.28. The van der Waals surface area contributed by atoms with Gasteiger partial charge in [-0.25, -0.2) is 9.80 Å². The van der Waals surface area contributed by atoms with E-state index in [2.05, 4.69) is 11.2 Å². The molecule has 2 aliphatic rings. The number of methoxy groups -OCH3 is 2. The second-order valence-electron chi connectivity index (χ2n) is 10.2. The normalized spacial score (nSPS) is 19.4. The van der Waals surface area contributed by atoms with Crippen molar-refractivity contribution in [3.8, 4) is 23.8 Å². The molecule has 0 bridgehead atoms. The summed E-state index contributed by atoms with van der Waals surface area (Å²) in [5.41, 5.74) is 1.92. The maximum absolute atomic E-state index is 13.7. The van der Waals surface area contributed by atoms with Gasteiger partial charge in [-0.1, -0.05) is 56.2 Å². The molecular formula is C30H37N5O5. The second-order valence-corrected chi connectivity index (χ2v) is 10.2. The molecule has 10 heteroatoms. The van der Waals surface area contributed by atoms with Crippen LogP contribution in [0.1, 0.15) is 25.0 Å². The number of piperazine rings is 1. The first-order valence-corrected chi connectivity index (χ1v) is 13.4. The molecule has 2 aliphatic heterocycles. The Kier molecular flexibility index (Phi) is 9.17. The summed E-state index contributed by atoms with van der Waals surface area (Å²) in [7, 11) is 3.16. The van der Waals surface area contributed by atoms with Crippen molar-refractivity contribution in [2.24, 2.45) is 5.92 Å². The number of hydrogen-bond acceptors (Lipinski definition) is 6. The molecular weight excluding hydrogens is 510 g/mol. The van der Waals surface area contributed by atoms with E-state index >= 15 is 0 Å². The van der Waals surface area contributed by atoms with Crippen molar-refractivity contribution in [2.45, 2.75) is 39.0 Å². The lowest BCUT2D eigenvalue weighted by Gasteiger charge is -2.55. The molecule has 4 amide bonds. The third kappa shape index (κ3) is 6.00. The fraction of sp³-hybridized carbons (Fsp3) is 0.433. The van der Waals surface area contributed by atoms with Crippen LogP contribution in [0.2, 0.25) is 0 Å². The lowest BCUT2D eigenvalue weighted by Crippen LogP contribution is -2.77. The SMILES string of the molecule is C#CCN1CC(=O)N2[C@@H](C(C)C)C(=O)N(CCc3ccc(OC)c(OC)c3)C[C@@H]2N1C(=O)NCc1ccccc1. The minimum absolute atomic E-state index is 0.0817. The van der Waals surface area contributed by atoms with Gasteiger partial charge < -0.3 is 24.6 Å². The van der Waals surface area contributed by atoms with Crippen molar-refractivity contribution in [2.75, 3.05) is 40.4 Å². The fourth-order valence-corrected chi connectivity index (χ4v) is 5.35. The maximum atomic E-state index is 13.7. The lowest BCUT2D eigenvalue weighted by atomic mass is 9.95. The van der Waals surface area contributed by atoms with Gasteiger partial charge in [0.15, 0.2) is 11.5 Å². The first kappa shape index (κ1) is 28.8. The molecule has 1 N–H and O–H groups in total. The van der Waals surface area contributed by atoms with Gasteiger partial charge in [0.05, 0.1) is 33.9 Å². The van der Waals surface area contributed by atoms with Crippen LogP contribution in [0.25, 0.3) is 0 Å². The van der Waals surface area contributed by atoms with Gasteiger partial charge in [0.1, 0.15) is 12.2 Å². The molecule has 4 rings (SSSR count). The zero-order chi connectivity index (χ0) is 28.8. The number of urea groups is 1.